The third-order valence-corrected chi connectivity index (χ3v) is 6.94. The quantitative estimate of drug-likeness (QED) is 0.399. The van der Waals surface area contributed by atoms with E-state index < -0.39 is 6.23 Å². The predicted molar refractivity (Wildman–Crippen MR) is 131 cm³/mol. The van der Waals surface area contributed by atoms with Crippen LogP contribution >= 0.6 is 11.8 Å². The number of hydrogen-bond donors (Lipinski definition) is 2. The SMILES string of the molecule is CCCCOc1cccc(F)c1CN1c2ccc(C(=O)NCc3ccco3)cc2SC(C)C1O. The highest BCUT2D eigenvalue weighted by Crippen LogP contribution is 2.43. The third kappa shape index (κ3) is 5.39. The summed E-state index contributed by atoms with van der Waals surface area (Å²) < 4.78 is 25.9. The van der Waals surface area contributed by atoms with E-state index in [1.165, 1.54) is 17.8 Å². The Kier molecular flexibility index (Phi) is 7.80. The van der Waals surface area contributed by atoms with Crippen LogP contribution in [0, 0.1) is 5.82 Å². The van der Waals surface area contributed by atoms with Crippen molar-refractivity contribution in [1.29, 1.82) is 0 Å². The number of ether oxygens (including phenoxy) is 1. The van der Waals surface area contributed by atoms with Gasteiger partial charge in [-0.3, -0.25) is 4.79 Å². The van der Waals surface area contributed by atoms with Crippen molar-refractivity contribution in [2.45, 2.75) is 56.2 Å². The second kappa shape index (κ2) is 11.0. The zero-order chi connectivity index (χ0) is 24.1. The first-order valence-electron chi connectivity index (χ1n) is 11.4. The number of amides is 1. The minimum atomic E-state index is -0.820. The first-order valence-corrected chi connectivity index (χ1v) is 12.3. The Balaban J connectivity index is 1.57. The molecule has 1 aliphatic rings. The van der Waals surface area contributed by atoms with Crippen molar-refractivity contribution in [3.8, 4) is 5.75 Å². The second-order valence-electron chi connectivity index (χ2n) is 8.23. The van der Waals surface area contributed by atoms with Gasteiger partial charge in [-0.05, 0) is 55.8 Å². The summed E-state index contributed by atoms with van der Waals surface area (Å²) in [5.74, 6) is 0.570. The molecule has 0 saturated heterocycles. The Morgan fingerprint density at radius 1 is 1.26 bits per heavy atom. The molecule has 4 rings (SSSR count). The van der Waals surface area contributed by atoms with Crippen molar-refractivity contribution in [2.75, 3.05) is 11.5 Å². The lowest BCUT2D eigenvalue weighted by Crippen LogP contribution is -2.44. The summed E-state index contributed by atoms with van der Waals surface area (Å²) >= 11 is 1.49. The van der Waals surface area contributed by atoms with Gasteiger partial charge in [0.1, 0.15) is 23.6 Å². The van der Waals surface area contributed by atoms with E-state index in [9.17, 15) is 14.3 Å². The molecular weight excluding hydrogens is 455 g/mol. The van der Waals surface area contributed by atoms with Gasteiger partial charge in [-0.1, -0.05) is 19.4 Å². The molecule has 34 heavy (non-hydrogen) atoms. The van der Waals surface area contributed by atoms with Crippen molar-refractivity contribution in [3.05, 3.63) is 77.5 Å². The van der Waals surface area contributed by atoms with Crippen LogP contribution in [0.2, 0.25) is 0 Å². The highest BCUT2D eigenvalue weighted by atomic mass is 32.2. The number of unbranched alkanes of at least 4 members (excludes halogenated alkanes) is 1. The first-order chi connectivity index (χ1) is 16.5. The van der Waals surface area contributed by atoms with Gasteiger partial charge in [0.05, 0.1) is 36.9 Å². The molecule has 180 valence electrons. The van der Waals surface area contributed by atoms with Crippen LogP contribution < -0.4 is 15.0 Å². The number of aliphatic hydroxyl groups excluding tert-OH is 1. The number of benzene rings is 2. The fraction of sp³-hybridized carbons (Fsp3) is 0.346. The van der Waals surface area contributed by atoms with Crippen LogP contribution in [-0.4, -0.2) is 29.1 Å². The molecule has 0 saturated carbocycles. The number of nitrogens with zero attached hydrogens (tertiary/aromatic N) is 1. The summed E-state index contributed by atoms with van der Waals surface area (Å²) in [6, 6.07) is 13.7. The molecule has 2 aromatic carbocycles. The Morgan fingerprint density at radius 2 is 2.12 bits per heavy atom. The number of thioether (sulfide) groups is 1. The molecule has 0 fully saturated rings. The highest BCUT2D eigenvalue weighted by Gasteiger charge is 2.32. The van der Waals surface area contributed by atoms with Crippen molar-refractivity contribution in [2.24, 2.45) is 0 Å². The minimum absolute atomic E-state index is 0.150. The van der Waals surface area contributed by atoms with E-state index in [4.69, 9.17) is 9.15 Å². The Bertz CT molecular complexity index is 1120. The van der Waals surface area contributed by atoms with Crippen LogP contribution in [-0.2, 0) is 13.1 Å². The summed E-state index contributed by atoms with van der Waals surface area (Å²) in [4.78, 5) is 15.3. The van der Waals surface area contributed by atoms with E-state index in [-0.39, 0.29) is 23.5 Å². The molecule has 6 nitrogen and oxygen atoms in total. The second-order valence-corrected chi connectivity index (χ2v) is 9.65. The van der Waals surface area contributed by atoms with Crippen molar-refractivity contribution in [3.63, 3.8) is 0 Å². The highest BCUT2D eigenvalue weighted by molar-refractivity contribution is 8.00. The van der Waals surface area contributed by atoms with E-state index in [2.05, 4.69) is 12.2 Å². The smallest absolute Gasteiger partial charge is 0.251 e. The van der Waals surface area contributed by atoms with Crippen LogP contribution in [0.4, 0.5) is 10.1 Å². The molecule has 1 aromatic heterocycles. The van der Waals surface area contributed by atoms with Crippen LogP contribution in [0.3, 0.4) is 0 Å². The summed E-state index contributed by atoms with van der Waals surface area (Å²) in [5.41, 5.74) is 1.67. The van der Waals surface area contributed by atoms with Crippen LogP contribution in [0.15, 0.2) is 64.1 Å². The summed E-state index contributed by atoms with van der Waals surface area (Å²) in [7, 11) is 0. The van der Waals surface area contributed by atoms with Crippen molar-refractivity contribution in [1.82, 2.24) is 5.32 Å². The molecule has 3 aromatic rings. The number of fused-ring (bicyclic) bond motifs is 1. The number of carbonyl (C=O) groups excluding carboxylic acids is 1. The van der Waals surface area contributed by atoms with Gasteiger partial charge < -0.3 is 24.5 Å². The van der Waals surface area contributed by atoms with Gasteiger partial charge in [-0.25, -0.2) is 4.39 Å². The molecule has 0 bridgehead atoms. The van der Waals surface area contributed by atoms with E-state index in [1.807, 2.05) is 13.0 Å². The topological polar surface area (TPSA) is 74.9 Å². The zero-order valence-corrected chi connectivity index (χ0v) is 20.1. The zero-order valence-electron chi connectivity index (χ0n) is 19.3. The lowest BCUT2D eigenvalue weighted by Gasteiger charge is -2.39. The van der Waals surface area contributed by atoms with Gasteiger partial charge in [0.2, 0.25) is 0 Å². The molecule has 2 N–H and O–H groups in total. The van der Waals surface area contributed by atoms with E-state index in [0.717, 1.165) is 23.4 Å². The lowest BCUT2D eigenvalue weighted by atomic mass is 10.1. The Morgan fingerprint density at radius 3 is 2.88 bits per heavy atom. The molecule has 0 radical (unpaired) electrons. The van der Waals surface area contributed by atoms with Gasteiger partial charge >= 0.3 is 0 Å². The van der Waals surface area contributed by atoms with Crippen LogP contribution in [0.1, 0.15) is 48.4 Å². The van der Waals surface area contributed by atoms with Gasteiger partial charge in [0.25, 0.3) is 5.91 Å². The average Bonchev–Trinajstić information content (AvgIpc) is 3.35. The summed E-state index contributed by atoms with van der Waals surface area (Å²) in [6.45, 7) is 4.94. The maximum Gasteiger partial charge on any atom is 0.251 e. The predicted octanol–water partition coefficient (Wildman–Crippen LogP) is 5.35. The van der Waals surface area contributed by atoms with E-state index in [0.29, 0.717) is 35.8 Å². The lowest BCUT2D eigenvalue weighted by molar-refractivity contribution is 0.0948. The Labute approximate surface area is 203 Å². The minimum Gasteiger partial charge on any atom is -0.493 e. The standard InChI is InChI=1S/C26H29FN2O4S/c1-3-4-12-33-23-9-5-8-21(27)20(23)16-29-22-11-10-18(14-24(22)34-17(2)26(29)31)25(30)28-15-19-7-6-13-32-19/h5-11,13-14,17,26,31H,3-4,12,15-16H2,1-2H3,(H,28,30). The summed E-state index contributed by atoms with van der Waals surface area (Å²) in [6.07, 6.45) is 2.60. The monoisotopic (exact) mass is 484 g/mol. The maximum absolute atomic E-state index is 14.8. The fourth-order valence-electron chi connectivity index (χ4n) is 3.83. The largest absolute Gasteiger partial charge is 0.493 e. The average molecular weight is 485 g/mol. The number of halogens is 1. The molecule has 0 aliphatic carbocycles. The first kappa shape index (κ1) is 24.2. The molecule has 2 heterocycles. The van der Waals surface area contributed by atoms with Gasteiger partial charge in [0, 0.05) is 16.0 Å². The third-order valence-electron chi connectivity index (χ3n) is 5.75. The Hall–Kier alpha value is -2.97. The number of carbonyl (C=O) groups is 1. The molecule has 1 amide bonds. The number of rotatable bonds is 9. The van der Waals surface area contributed by atoms with Crippen LogP contribution in [0.25, 0.3) is 0 Å². The number of anilines is 1. The molecule has 2 unspecified atom stereocenters. The normalized spacial score (nSPS) is 17.4. The summed E-state index contributed by atoms with van der Waals surface area (Å²) in [5, 5.41) is 13.6. The fourth-order valence-corrected chi connectivity index (χ4v) is 5.00. The van der Waals surface area contributed by atoms with Crippen molar-refractivity contribution >= 4 is 23.4 Å². The van der Waals surface area contributed by atoms with Crippen LogP contribution in [0.5, 0.6) is 5.75 Å². The number of furan rings is 1. The van der Waals surface area contributed by atoms with E-state index in [1.54, 1.807) is 47.6 Å². The number of nitrogens with one attached hydrogen (secondary N) is 1. The molecule has 1 aliphatic heterocycles. The van der Waals surface area contributed by atoms with Gasteiger partial charge in [-0.15, -0.1) is 11.8 Å². The number of aliphatic hydroxyl groups is 1. The molecular formula is C26H29FN2O4S. The maximum atomic E-state index is 14.8. The molecule has 0 spiro atoms. The van der Waals surface area contributed by atoms with Gasteiger partial charge in [0.15, 0.2) is 0 Å². The molecule has 2 atom stereocenters. The molecule has 8 heteroatoms. The van der Waals surface area contributed by atoms with E-state index >= 15 is 0 Å². The van der Waals surface area contributed by atoms with Gasteiger partial charge in [-0.2, -0.15) is 0 Å². The number of hydrogen-bond acceptors (Lipinski definition) is 6. The van der Waals surface area contributed by atoms with Crippen molar-refractivity contribution < 1.29 is 23.4 Å².